The topological polar surface area (TPSA) is 12.0 Å². The molecule has 1 fully saturated rings. The van der Waals surface area contributed by atoms with Gasteiger partial charge < -0.3 is 5.32 Å². The Bertz CT molecular complexity index is 389. The van der Waals surface area contributed by atoms with Crippen LogP contribution in [0.25, 0.3) is 0 Å². The first-order valence-corrected chi connectivity index (χ1v) is 6.44. The van der Waals surface area contributed by atoms with Gasteiger partial charge in [-0.25, -0.2) is 8.78 Å². The predicted molar refractivity (Wildman–Crippen MR) is 65.1 cm³/mol. The lowest BCUT2D eigenvalue weighted by Crippen LogP contribution is -2.44. The molecule has 94 valence electrons. The van der Waals surface area contributed by atoms with Gasteiger partial charge >= 0.3 is 0 Å². The van der Waals surface area contributed by atoms with Crippen LogP contribution in [0, 0.1) is 11.6 Å². The van der Waals surface area contributed by atoms with E-state index in [4.69, 9.17) is 11.6 Å². The summed E-state index contributed by atoms with van der Waals surface area (Å²) in [6.45, 7) is 0.330. The highest BCUT2D eigenvalue weighted by Crippen LogP contribution is 2.31. The Labute approximate surface area is 105 Å². The van der Waals surface area contributed by atoms with Crippen molar-refractivity contribution in [3.05, 3.63) is 35.4 Å². The smallest absolute Gasteiger partial charge is 0.127 e. The van der Waals surface area contributed by atoms with Crippen LogP contribution in [0.2, 0.25) is 0 Å². The predicted octanol–water partition coefficient (Wildman–Crippen LogP) is 3.61. The first-order chi connectivity index (χ1) is 8.15. The molecule has 1 aromatic rings. The van der Waals surface area contributed by atoms with E-state index < -0.39 is 5.82 Å². The molecule has 0 atom stereocenters. The zero-order valence-corrected chi connectivity index (χ0v) is 10.4. The maximum absolute atomic E-state index is 13.4. The molecular formula is C13H16ClF2N. The third kappa shape index (κ3) is 2.96. The van der Waals surface area contributed by atoms with Crippen molar-refractivity contribution in [2.75, 3.05) is 5.88 Å². The van der Waals surface area contributed by atoms with E-state index in [0.29, 0.717) is 18.0 Å². The van der Waals surface area contributed by atoms with Gasteiger partial charge in [0.05, 0.1) is 0 Å². The van der Waals surface area contributed by atoms with E-state index in [-0.39, 0.29) is 11.4 Å². The van der Waals surface area contributed by atoms with Crippen LogP contribution in [-0.4, -0.2) is 11.4 Å². The molecule has 2 rings (SSSR count). The lowest BCUT2D eigenvalue weighted by molar-refractivity contribution is 0.364. The van der Waals surface area contributed by atoms with Crippen molar-refractivity contribution in [2.45, 2.75) is 37.8 Å². The molecule has 4 heteroatoms. The lowest BCUT2D eigenvalue weighted by Gasteiger charge is -2.28. The maximum Gasteiger partial charge on any atom is 0.127 e. The van der Waals surface area contributed by atoms with Crippen molar-refractivity contribution in [2.24, 2.45) is 0 Å². The molecule has 0 spiro atoms. The molecule has 0 aliphatic heterocycles. The average Bonchev–Trinajstić information content (AvgIpc) is 2.80. The number of nitrogens with one attached hydrogen (secondary N) is 1. The van der Waals surface area contributed by atoms with Gasteiger partial charge in [-0.3, -0.25) is 0 Å². The molecule has 17 heavy (non-hydrogen) atoms. The van der Waals surface area contributed by atoms with Gasteiger partial charge in [0.1, 0.15) is 11.6 Å². The quantitative estimate of drug-likeness (QED) is 0.815. The van der Waals surface area contributed by atoms with Gasteiger partial charge in [-0.2, -0.15) is 0 Å². The van der Waals surface area contributed by atoms with Gasteiger partial charge in [0, 0.05) is 23.5 Å². The fourth-order valence-corrected chi connectivity index (χ4v) is 2.73. The van der Waals surface area contributed by atoms with Gasteiger partial charge in [0.15, 0.2) is 0 Å². The van der Waals surface area contributed by atoms with E-state index >= 15 is 0 Å². The van der Waals surface area contributed by atoms with Crippen LogP contribution in [0.3, 0.4) is 0 Å². The number of alkyl halides is 1. The molecular weight excluding hydrogens is 244 g/mol. The van der Waals surface area contributed by atoms with Gasteiger partial charge in [-0.15, -0.1) is 11.6 Å². The molecule has 1 aromatic carbocycles. The van der Waals surface area contributed by atoms with Crippen LogP contribution in [0.15, 0.2) is 18.2 Å². The highest BCUT2D eigenvalue weighted by molar-refractivity contribution is 6.18. The Kier molecular flexibility index (Phi) is 4.00. The van der Waals surface area contributed by atoms with E-state index in [2.05, 4.69) is 5.32 Å². The van der Waals surface area contributed by atoms with E-state index in [9.17, 15) is 8.78 Å². The van der Waals surface area contributed by atoms with Crippen LogP contribution in [0.4, 0.5) is 8.78 Å². The third-order valence-corrected chi connectivity index (χ3v) is 3.99. The second-order valence-electron chi connectivity index (χ2n) is 4.71. The fourth-order valence-electron chi connectivity index (χ4n) is 2.37. The Morgan fingerprint density at radius 2 is 1.94 bits per heavy atom. The molecule has 1 nitrogen and oxygen atoms in total. The molecule has 0 aromatic heterocycles. The molecule has 0 unspecified atom stereocenters. The Balaban J connectivity index is 2.03. The standard InChI is InChI=1S/C13H16ClF2N/c14-9-13(5-1-2-6-13)17-8-10-7-11(15)3-4-12(10)16/h3-4,7,17H,1-2,5-6,8-9H2. The van der Waals surface area contributed by atoms with E-state index in [1.807, 2.05) is 0 Å². The number of hydrogen-bond acceptors (Lipinski definition) is 1. The highest BCUT2D eigenvalue weighted by atomic mass is 35.5. The minimum absolute atomic E-state index is 0.0969. The van der Waals surface area contributed by atoms with Crippen molar-refractivity contribution in [1.29, 1.82) is 0 Å². The second kappa shape index (κ2) is 5.32. The minimum Gasteiger partial charge on any atom is -0.306 e. The second-order valence-corrected chi connectivity index (χ2v) is 4.98. The van der Waals surface area contributed by atoms with Gasteiger partial charge in [-0.05, 0) is 31.0 Å². The molecule has 1 saturated carbocycles. The molecule has 1 aliphatic rings. The fraction of sp³-hybridized carbons (Fsp3) is 0.538. The number of rotatable bonds is 4. The number of halogens is 3. The zero-order chi connectivity index (χ0) is 12.3. The molecule has 0 radical (unpaired) electrons. The largest absolute Gasteiger partial charge is 0.306 e. The summed E-state index contributed by atoms with van der Waals surface area (Å²) in [5.41, 5.74) is 0.265. The van der Waals surface area contributed by atoms with Crippen LogP contribution in [0.5, 0.6) is 0 Å². The summed E-state index contributed by atoms with van der Waals surface area (Å²) >= 11 is 5.97. The molecule has 0 heterocycles. The number of hydrogen-bond donors (Lipinski definition) is 1. The van der Waals surface area contributed by atoms with Crippen molar-refractivity contribution >= 4 is 11.6 Å². The Hall–Kier alpha value is -0.670. The average molecular weight is 260 g/mol. The summed E-state index contributed by atoms with van der Waals surface area (Å²) in [5, 5.41) is 3.29. The van der Waals surface area contributed by atoms with Crippen LogP contribution >= 0.6 is 11.6 Å². The zero-order valence-electron chi connectivity index (χ0n) is 9.61. The first kappa shape index (κ1) is 12.8. The first-order valence-electron chi connectivity index (χ1n) is 5.90. The minimum atomic E-state index is -0.408. The van der Waals surface area contributed by atoms with Crippen LogP contribution < -0.4 is 5.32 Å². The van der Waals surface area contributed by atoms with Crippen molar-refractivity contribution in [1.82, 2.24) is 5.32 Å². The maximum atomic E-state index is 13.4. The SMILES string of the molecule is Fc1ccc(F)c(CNC2(CCl)CCCC2)c1. The van der Waals surface area contributed by atoms with Crippen molar-refractivity contribution in [3.8, 4) is 0 Å². The molecule has 0 saturated heterocycles. The Morgan fingerprint density at radius 3 is 2.59 bits per heavy atom. The summed E-state index contributed by atoms with van der Waals surface area (Å²) in [4.78, 5) is 0. The van der Waals surface area contributed by atoms with Gasteiger partial charge in [0.25, 0.3) is 0 Å². The summed E-state index contributed by atoms with van der Waals surface area (Å²) in [6, 6.07) is 3.53. The summed E-state index contributed by atoms with van der Waals surface area (Å²) < 4.78 is 26.4. The normalized spacial score (nSPS) is 18.5. The van der Waals surface area contributed by atoms with Crippen LogP contribution in [0.1, 0.15) is 31.2 Å². The van der Waals surface area contributed by atoms with Crippen LogP contribution in [-0.2, 0) is 6.54 Å². The van der Waals surface area contributed by atoms with E-state index in [0.717, 1.165) is 37.8 Å². The third-order valence-electron chi connectivity index (χ3n) is 3.48. The lowest BCUT2D eigenvalue weighted by atomic mass is 10.00. The van der Waals surface area contributed by atoms with Crippen molar-refractivity contribution < 1.29 is 8.78 Å². The molecule has 0 amide bonds. The van der Waals surface area contributed by atoms with E-state index in [1.54, 1.807) is 0 Å². The molecule has 0 bridgehead atoms. The highest BCUT2D eigenvalue weighted by Gasteiger charge is 2.32. The molecule has 1 aliphatic carbocycles. The Morgan fingerprint density at radius 1 is 1.24 bits per heavy atom. The van der Waals surface area contributed by atoms with E-state index in [1.165, 1.54) is 6.07 Å². The monoisotopic (exact) mass is 259 g/mol. The summed E-state index contributed by atoms with van der Waals surface area (Å²) in [6.07, 6.45) is 4.30. The molecule has 1 N–H and O–H groups in total. The summed E-state index contributed by atoms with van der Waals surface area (Å²) in [5.74, 6) is -0.264. The van der Waals surface area contributed by atoms with Crippen molar-refractivity contribution in [3.63, 3.8) is 0 Å². The number of benzene rings is 1. The van der Waals surface area contributed by atoms with Gasteiger partial charge in [-0.1, -0.05) is 12.8 Å². The summed E-state index contributed by atoms with van der Waals surface area (Å²) in [7, 11) is 0. The van der Waals surface area contributed by atoms with Gasteiger partial charge in [0.2, 0.25) is 0 Å².